The van der Waals surface area contributed by atoms with Gasteiger partial charge >= 0.3 is 5.97 Å². The topological polar surface area (TPSA) is 79.3 Å². The van der Waals surface area contributed by atoms with Gasteiger partial charge in [-0.2, -0.15) is 0 Å². The molecule has 5 nitrogen and oxygen atoms in total. The van der Waals surface area contributed by atoms with E-state index >= 15 is 0 Å². The number of carboxylic acid groups (broad SMARTS) is 1. The van der Waals surface area contributed by atoms with E-state index in [9.17, 15) is 14.7 Å². The van der Waals surface area contributed by atoms with Crippen LogP contribution in [0.25, 0.3) is 0 Å². The van der Waals surface area contributed by atoms with Gasteiger partial charge in [0.2, 0.25) is 0 Å². The van der Waals surface area contributed by atoms with E-state index in [1.165, 1.54) is 6.07 Å². The summed E-state index contributed by atoms with van der Waals surface area (Å²) in [5.74, 6) is -1.80. The minimum absolute atomic E-state index is 0.114. The Labute approximate surface area is 134 Å². The third-order valence-electron chi connectivity index (χ3n) is 2.69. The number of aromatic nitrogens is 1. The molecule has 1 amide bonds. The van der Waals surface area contributed by atoms with Crippen molar-refractivity contribution in [1.82, 2.24) is 10.3 Å². The van der Waals surface area contributed by atoms with Crippen molar-refractivity contribution in [2.24, 2.45) is 0 Å². The highest BCUT2D eigenvalue weighted by atomic mass is 79.9. The molecular formula is C14H10BrClN2O3. The molecule has 1 heterocycles. The smallest absolute Gasteiger partial charge is 0.330 e. The predicted molar refractivity (Wildman–Crippen MR) is 81.2 cm³/mol. The third-order valence-corrected chi connectivity index (χ3v) is 3.47. The van der Waals surface area contributed by atoms with E-state index in [4.69, 9.17) is 11.6 Å². The molecule has 2 N–H and O–H groups in total. The molecule has 0 radical (unpaired) electrons. The van der Waals surface area contributed by atoms with Gasteiger partial charge in [0.05, 0.1) is 0 Å². The number of hydrogen-bond donors (Lipinski definition) is 2. The lowest BCUT2D eigenvalue weighted by molar-refractivity contribution is -0.139. The normalized spacial score (nSPS) is 11.7. The van der Waals surface area contributed by atoms with Crippen LogP contribution < -0.4 is 5.32 Å². The Morgan fingerprint density at radius 1 is 1.19 bits per heavy atom. The number of amides is 1. The molecule has 1 aromatic heterocycles. The summed E-state index contributed by atoms with van der Waals surface area (Å²) < 4.78 is 0.486. The Morgan fingerprint density at radius 2 is 1.90 bits per heavy atom. The molecule has 0 saturated heterocycles. The van der Waals surface area contributed by atoms with Gasteiger partial charge in [0.1, 0.15) is 10.3 Å². The van der Waals surface area contributed by atoms with Crippen molar-refractivity contribution in [3.63, 3.8) is 0 Å². The van der Waals surface area contributed by atoms with Crippen LogP contribution in [0.15, 0.2) is 47.1 Å². The average molecular weight is 370 g/mol. The second-order valence-electron chi connectivity index (χ2n) is 4.11. The number of halogens is 2. The van der Waals surface area contributed by atoms with Crippen LogP contribution in [0.2, 0.25) is 5.02 Å². The highest BCUT2D eigenvalue weighted by Crippen LogP contribution is 2.23. The number of carboxylic acids is 1. The number of nitrogens with one attached hydrogen (secondary N) is 1. The monoisotopic (exact) mass is 368 g/mol. The molecule has 21 heavy (non-hydrogen) atoms. The molecule has 0 unspecified atom stereocenters. The lowest BCUT2D eigenvalue weighted by Crippen LogP contribution is -2.34. The number of nitrogens with zero attached hydrogens (tertiary/aromatic N) is 1. The first-order valence-corrected chi connectivity index (χ1v) is 7.07. The fourth-order valence-electron chi connectivity index (χ4n) is 1.72. The van der Waals surface area contributed by atoms with E-state index in [2.05, 4.69) is 26.2 Å². The van der Waals surface area contributed by atoms with E-state index in [0.29, 0.717) is 10.2 Å². The van der Waals surface area contributed by atoms with Crippen molar-refractivity contribution in [3.05, 3.63) is 63.3 Å². The Bertz CT molecular complexity index is 693. The van der Waals surface area contributed by atoms with Gasteiger partial charge in [0.25, 0.3) is 5.91 Å². The quantitative estimate of drug-likeness (QED) is 0.812. The summed E-state index contributed by atoms with van der Waals surface area (Å²) in [5.41, 5.74) is 0.428. The number of hydrogen-bond acceptors (Lipinski definition) is 3. The Hall–Kier alpha value is -1.92. The lowest BCUT2D eigenvalue weighted by Gasteiger charge is -2.16. The van der Waals surface area contributed by atoms with Crippen LogP contribution in [0.5, 0.6) is 0 Å². The van der Waals surface area contributed by atoms with Crippen molar-refractivity contribution < 1.29 is 14.7 Å². The second-order valence-corrected chi connectivity index (χ2v) is 5.33. The van der Waals surface area contributed by atoms with Crippen molar-refractivity contribution in [3.8, 4) is 0 Å². The molecule has 0 aliphatic rings. The molecule has 0 aliphatic carbocycles. The SMILES string of the molecule is O=C(N[C@@H](C(=O)O)c1ccccc1Cl)c1cccc(Br)n1. The third kappa shape index (κ3) is 3.80. The summed E-state index contributed by atoms with van der Waals surface area (Å²) in [4.78, 5) is 27.5. The van der Waals surface area contributed by atoms with Gasteiger partial charge in [-0.3, -0.25) is 4.79 Å². The van der Waals surface area contributed by atoms with Crippen LogP contribution >= 0.6 is 27.5 Å². The van der Waals surface area contributed by atoms with Crippen LogP contribution in [-0.2, 0) is 4.79 Å². The minimum Gasteiger partial charge on any atom is -0.479 e. The summed E-state index contributed by atoms with van der Waals surface area (Å²) in [6.07, 6.45) is 0. The molecule has 7 heteroatoms. The zero-order valence-electron chi connectivity index (χ0n) is 10.6. The number of benzene rings is 1. The maximum atomic E-state index is 12.1. The fourth-order valence-corrected chi connectivity index (χ4v) is 2.31. The Balaban J connectivity index is 2.27. The summed E-state index contributed by atoms with van der Waals surface area (Å²) in [6, 6.07) is 10.0. The van der Waals surface area contributed by atoms with Gasteiger partial charge < -0.3 is 10.4 Å². The van der Waals surface area contributed by atoms with Gasteiger partial charge in [-0.1, -0.05) is 35.9 Å². The summed E-state index contributed by atoms with van der Waals surface area (Å²) in [6.45, 7) is 0. The van der Waals surface area contributed by atoms with Gasteiger partial charge in [-0.05, 0) is 34.1 Å². The van der Waals surface area contributed by atoms with Gasteiger partial charge in [0.15, 0.2) is 6.04 Å². The van der Waals surface area contributed by atoms with E-state index in [1.54, 1.807) is 36.4 Å². The van der Waals surface area contributed by atoms with E-state index < -0.39 is 17.9 Å². The van der Waals surface area contributed by atoms with Gasteiger partial charge in [-0.25, -0.2) is 9.78 Å². The zero-order chi connectivity index (χ0) is 15.4. The van der Waals surface area contributed by atoms with Crippen LogP contribution in [0.4, 0.5) is 0 Å². The van der Waals surface area contributed by atoms with Crippen molar-refractivity contribution in [2.75, 3.05) is 0 Å². The number of pyridine rings is 1. The number of aliphatic carboxylic acids is 1. The maximum Gasteiger partial charge on any atom is 0.330 e. The highest BCUT2D eigenvalue weighted by molar-refractivity contribution is 9.10. The second kappa shape index (κ2) is 6.69. The van der Waals surface area contributed by atoms with Crippen LogP contribution in [0.1, 0.15) is 22.1 Å². The number of carbonyl (C=O) groups is 2. The van der Waals surface area contributed by atoms with E-state index in [-0.39, 0.29) is 10.7 Å². The molecule has 0 spiro atoms. The summed E-state index contributed by atoms with van der Waals surface area (Å²) >= 11 is 9.13. The maximum absolute atomic E-state index is 12.1. The first-order chi connectivity index (χ1) is 9.99. The molecule has 108 valence electrons. The molecule has 1 aromatic carbocycles. The molecule has 0 bridgehead atoms. The molecule has 2 aromatic rings. The lowest BCUT2D eigenvalue weighted by atomic mass is 10.1. The van der Waals surface area contributed by atoms with Gasteiger partial charge in [0, 0.05) is 10.6 Å². The van der Waals surface area contributed by atoms with Crippen molar-refractivity contribution in [2.45, 2.75) is 6.04 Å². The largest absolute Gasteiger partial charge is 0.479 e. The first-order valence-electron chi connectivity index (χ1n) is 5.89. The molecule has 0 saturated carbocycles. The molecule has 2 rings (SSSR count). The predicted octanol–water partition coefficient (Wildman–Crippen LogP) is 3.05. The van der Waals surface area contributed by atoms with E-state index in [1.807, 2.05) is 0 Å². The zero-order valence-corrected chi connectivity index (χ0v) is 12.9. The highest BCUT2D eigenvalue weighted by Gasteiger charge is 2.25. The average Bonchev–Trinajstić information content (AvgIpc) is 2.45. The van der Waals surface area contributed by atoms with Crippen LogP contribution in [-0.4, -0.2) is 22.0 Å². The standard InChI is InChI=1S/C14H10BrClN2O3/c15-11-7-3-6-10(17-11)13(19)18-12(14(20)21)8-4-1-2-5-9(8)16/h1-7,12H,(H,18,19)(H,20,21)/t12-/m1/s1. The van der Waals surface area contributed by atoms with Crippen molar-refractivity contribution >= 4 is 39.4 Å². The fraction of sp³-hybridized carbons (Fsp3) is 0.0714. The molecule has 1 atom stereocenters. The first kappa shape index (κ1) is 15.5. The minimum atomic E-state index is -1.24. The molecular weight excluding hydrogens is 360 g/mol. The van der Waals surface area contributed by atoms with Crippen LogP contribution in [0.3, 0.4) is 0 Å². The molecule has 0 fully saturated rings. The molecule has 0 aliphatic heterocycles. The number of carbonyl (C=O) groups excluding carboxylic acids is 1. The Morgan fingerprint density at radius 3 is 2.52 bits per heavy atom. The summed E-state index contributed by atoms with van der Waals surface area (Å²) in [7, 11) is 0. The van der Waals surface area contributed by atoms with Crippen LogP contribution in [0, 0.1) is 0 Å². The number of rotatable bonds is 4. The summed E-state index contributed by atoms with van der Waals surface area (Å²) in [5, 5.41) is 12.0. The Kier molecular flexibility index (Phi) is 4.93. The van der Waals surface area contributed by atoms with Gasteiger partial charge in [-0.15, -0.1) is 0 Å². The van der Waals surface area contributed by atoms with E-state index in [0.717, 1.165) is 0 Å². The van der Waals surface area contributed by atoms with Crippen molar-refractivity contribution in [1.29, 1.82) is 0 Å².